The van der Waals surface area contributed by atoms with Crippen molar-refractivity contribution in [1.82, 2.24) is 0 Å². The topological polar surface area (TPSA) is 108 Å². The van der Waals surface area contributed by atoms with Crippen LogP contribution in [0.4, 0.5) is 5.69 Å². The first kappa shape index (κ1) is 24.0. The number of morpholine rings is 1. The molecule has 32 heavy (non-hydrogen) atoms. The van der Waals surface area contributed by atoms with Crippen molar-refractivity contribution in [2.75, 3.05) is 44.4 Å². The highest BCUT2D eigenvalue weighted by Gasteiger charge is 2.22. The molecule has 174 valence electrons. The van der Waals surface area contributed by atoms with Gasteiger partial charge in [-0.2, -0.15) is 0 Å². The molecular formula is C23H30N2O6S. The summed E-state index contributed by atoms with van der Waals surface area (Å²) in [4.78, 5) is 14.6. The van der Waals surface area contributed by atoms with E-state index in [4.69, 9.17) is 19.3 Å². The van der Waals surface area contributed by atoms with E-state index in [1.807, 2.05) is 30.0 Å². The predicted octanol–water partition coefficient (Wildman–Crippen LogP) is 2.84. The van der Waals surface area contributed by atoms with Crippen LogP contribution in [-0.4, -0.2) is 53.9 Å². The van der Waals surface area contributed by atoms with E-state index in [1.165, 1.54) is 17.7 Å². The zero-order valence-corrected chi connectivity index (χ0v) is 19.5. The maximum atomic E-state index is 12.8. The summed E-state index contributed by atoms with van der Waals surface area (Å²) in [6.45, 7) is 8.72. The third-order valence-corrected chi connectivity index (χ3v) is 6.23. The third kappa shape index (κ3) is 5.99. The van der Waals surface area contributed by atoms with Crippen molar-refractivity contribution in [2.45, 2.75) is 31.6 Å². The molecule has 0 amide bonds. The van der Waals surface area contributed by atoms with E-state index in [-0.39, 0.29) is 23.7 Å². The Morgan fingerprint density at radius 1 is 1.12 bits per heavy atom. The molecule has 3 rings (SSSR count). The molecule has 8 nitrogen and oxygen atoms in total. The van der Waals surface area contributed by atoms with Crippen LogP contribution >= 0.6 is 0 Å². The molecule has 1 fully saturated rings. The van der Waals surface area contributed by atoms with Gasteiger partial charge in [-0.15, -0.1) is 0 Å². The average Bonchev–Trinajstić information content (AvgIpc) is 2.76. The number of hydrogen-bond acceptors (Lipinski definition) is 7. The Morgan fingerprint density at radius 3 is 2.47 bits per heavy atom. The summed E-state index contributed by atoms with van der Waals surface area (Å²) < 4.78 is 40.0. The minimum Gasteiger partial charge on any atom is -0.490 e. The lowest BCUT2D eigenvalue weighted by Crippen LogP contribution is -2.37. The van der Waals surface area contributed by atoms with Crippen molar-refractivity contribution in [3.63, 3.8) is 0 Å². The number of carbonyl (C=O) groups is 1. The second kappa shape index (κ2) is 10.3. The first-order valence-corrected chi connectivity index (χ1v) is 12.1. The van der Waals surface area contributed by atoms with Gasteiger partial charge >= 0.3 is 5.97 Å². The fourth-order valence-corrected chi connectivity index (χ4v) is 4.23. The van der Waals surface area contributed by atoms with Gasteiger partial charge in [0.05, 0.1) is 29.4 Å². The lowest BCUT2D eigenvalue weighted by molar-refractivity contribution is 0.0450. The van der Waals surface area contributed by atoms with Crippen LogP contribution in [-0.2, 0) is 19.5 Å². The molecule has 9 heteroatoms. The number of esters is 1. The smallest absolute Gasteiger partial charge is 0.340 e. The number of sulfonamides is 1. The molecule has 2 N–H and O–H groups in total. The van der Waals surface area contributed by atoms with Gasteiger partial charge in [0.2, 0.25) is 10.0 Å². The quantitative estimate of drug-likeness (QED) is 0.475. The predicted molar refractivity (Wildman–Crippen MR) is 122 cm³/mol. The normalized spacial score (nSPS) is 14.5. The highest BCUT2D eigenvalue weighted by atomic mass is 32.2. The molecule has 0 radical (unpaired) electrons. The SMILES string of the molecule is Cc1cc(OCCOC(=O)c2cc(S(N)(=O)=O)ccc2N2CCOCC2)ccc1C(C)C. The number of benzene rings is 2. The van der Waals surface area contributed by atoms with Gasteiger partial charge in [-0.3, -0.25) is 0 Å². The molecule has 0 spiro atoms. The number of carbonyl (C=O) groups excluding carboxylic acids is 1. The Kier molecular flexibility index (Phi) is 7.76. The second-order valence-electron chi connectivity index (χ2n) is 7.98. The molecular weight excluding hydrogens is 432 g/mol. The zero-order valence-electron chi connectivity index (χ0n) is 18.7. The fraction of sp³-hybridized carbons (Fsp3) is 0.435. The van der Waals surface area contributed by atoms with Crippen LogP contribution in [0, 0.1) is 6.92 Å². The molecule has 0 bridgehead atoms. The largest absolute Gasteiger partial charge is 0.490 e. The van der Waals surface area contributed by atoms with Crippen molar-refractivity contribution in [2.24, 2.45) is 5.14 Å². The molecule has 2 aromatic rings. The van der Waals surface area contributed by atoms with Crippen LogP contribution in [0.15, 0.2) is 41.3 Å². The fourth-order valence-electron chi connectivity index (χ4n) is 3.69. The van der Waals surface area contributed by atoms with E-state index in [0.29, 0.717) is 43.7 Å². The number of hydrogen-bond donors (Lipinski definition) is 1. The number of anilines is 1. The molecule has 1 aliphatic heterocycles. The van der Waals surface area contributed by atoms with E-state index in [9.17, 15) is 13.2 Å². The van der Waals surface area contributed by atoms with Crippen LogP contribution in [0.5, 0.6) is 5.75 Å². The summed E-state index contributed by atoms with van der Waals surface area (Å²) in [7, 11) is -3.96. The highest BCUT2D eigenvalue weighted by Crippen LogP contribution is 2.26. The van der Waals surface area contributed by atoms with Gasteiger partial charge in [-0.05, 0) is 54.3 Å². The number of primary sulfonamides is 1. The van der Waals surface area contributed by atoms with Crippen LogP contribution in [0.25, 0.3) is 0 Å². The summed E-state index contributed by atoms with van der Waals surface area (Å²) in [6.07, 6.45) is 0. The van der Waals surface area contributed by atoms with E-state index in [2.05, 4.69) is 13.8 Å². The number of rotatable bonds is 8. The Morgan fingerprint density at radius 2 is 1.84 bits per heavy atom. The number of aryl methyl sites for hydroxylation is 1. The lowest BCUT2D eigenvalue weighted by Gasteiger charge is -2.30. The minimum atomic E-state index is -3.96. The van der Waals surface area contributed by atoms with Gasteiger partial charge in [-0.1, -0.05) is 19.9 Å². The maximum Gasteiger partial charge on any atom is 0.340 e. The van der Waals surface area contributed by atoms with Crippen LogP contribution in [0.1, 0.15) is 41.3 Å². The first-order valence-electron chi connectivity index (χ1n) is 10.6. The van der Waals surface area contributed by atoms with Crippen molar-refractivity contribution in [1.29, 1.82) is 0 Å². The molecule has 0 atom stereocenters. The average molecular weight is 463 g/mol. The molecule has 0 unspecified atom stereocenters. The molecule has 0 saturated carbocycles. The van der Waals surface area contributed by atoms with E-state index in [0.717, 1.165) is 5.56 Å². The molecule has 0 aromatic heterocycles. The van der Waals surface area contributed by atoms with Crippen molar-refractivity contribution < 1.29 is 27.4 Å². The van der Waals surface area contributed by atoms with Crippen LogP contribution in [0.2, 0.25) is 0 Å². The summed E-state index contributed by atoms with van der Waals surface area (Å²) in [5, 5.41) is 5.25. The monoisotopic (exact) mass is 462 g/mol. The molecule has 2 aromatic carbocycles. The number of nitrogens with two attached hydrogens (primary N) is 1. The molecule has 0 aliphatic carbocycles. The Balaban J connectivity index is 1.67. The zero-order chi connectivity index (χ0) is 23.3. The number of nitrogens with zero attached hydrogens (tertiary/aromatic N) is 1. The van der Waals surface area contributed by atoms with E-state index < -0.39 is 16.0 Å². The Bertz CT molecular complexity index is 1060. The third-order valence-electron chi connectivity index (χ3n) is 5.32. The molecule has 1 aliphatic rings. The molecule has 1 saturated heterocycles. The summed E-state index contributed by atoms with van der Waals surface area (Å²) in [6, 6.07) is 10.1. The number of ether oxygens (including phenoxy) is 3. The lowest BCUT2D eigenvalue weighted by atomic mass is 9.98. The second-order valence-corrected chi connectivity index (χ2v) is 9.54. The molecule has 1 heterocycles. The van der Waals surface area contributed by atoms with E-state index in [1.54, 1.807) is 6.07 Å². The summed E-state index contributed by atoms with van der Waals surface area (Å²) in [5.41, 5.74) is 3.14. The first-order chi connectivity index (χ1) is 15.2. The van der Waals surface area contributed by atoms with Gasteiger partial charge in [0, 0.05) is 13.1 Å². The minimum absolute atomic E-state index is 0.0198. The standard InChI is InChI=1S/C23H30N2O6S/c1-16(2)20-6-4-18(14-17(20)3)30-12-13-31-23(26)21-15-19(32(24,27)28)5-7-22(21)25-8-10-29-11-9-25/h4-7,14-16H,8-13H2,1-3H3,(H2,24,27,28). The van der Waals surface area contributed by atoms with Gasteiger partial charge in [0.25, 0.3) is 0 Å². The Labute approximate surface area is 189 Å². The van der Waals surface area contributed by atoms with Gasteiger partial charge < -0.3 is 19.1 Å². The summed E-state index contributed by atoms with van der Waals surface area (Å²) in [5.74, 6) is 0.499. The van der Waals surface area contributed by atoms with Crippen molar-refractivity contribution in [3.05, 3.63) is 53.1 Å². The van der Waals surface area contributed by atoms with Crippen molar-refractivity contribution in [3.8, 4) is 5.75 Å². The van der Waals surface area contributed by atoms with E-state index >= 15 is 0 Å². The van der Waals surface area contributed by atoms with Crippen molar-refractivity contribution >= 4 is 21.7 Å². The van der Waals surface area contributed by atoms with Gasteiger partial charge in [-0.25, -0.2) is 18.4 Å². The van der Waals surface area contributed by atoms with Crippen LogP contribution in [0.3, 0.4) is 0 Å². The highest BCUT2D eigenvalue weighted by molar-refractivity contribution is 7.89. The maximum absolute atomic E-state index is 12.8. The van der Waals surface area contributed by atoms with Crippen LogP contribution < -0.4 is 14.8 Å². The van der Waals surface area contributed by atoms with Gasteiger partial charge in [0.15, 0.2) is 0 Å². The van der Waals surface area contributed by atoms with Gasteiger partial charge in [0.1, 0.15) is 19.0 Å². The Hall–Kier alpha value is -2.62. The summed E-state index contributed by atoms with van der Waals surface area (Å²) >= 11 is 0.